The first kappa shape index (κ1) is 14.3. The number of aryl methyl sites for hydroxylation is 1. The average molecular weight is 322 g/mol. The van der Waals surface area contributed by atoms with E-state index in [4.69, 9.17) is 9.47 Å². The van der Waals surface area contributed by atoms with E-state index in [0.29, 0.717) is 34.3 Å². The molecule has 0 aliphatic rings. The standard InChI is InChI=1S/C16H14N6O2/c1-9-14-21-20-11-4-5-13(24-3)19-16(11)22(14)15(18-9)10-8-17-7-6-12(10)23-2/h4-8H,1-3H3. The van der Waals surface area contributed by atoms with Crippen LogP contribution in [0.4, 0.5) is 0 Å². The van der Waals surface area contributed by atoms with E-state index in [2.05, 4.69) is 25.1 Å². The lowest BCUT2D eigenvalue weighted by molar-refractivity contribution is 0.399. The molecule has 0 aromatic carbocycles. The summed E-state index contributed by atoms with van der Waals surface area (Å²) in [5.41, 5.74) is 3.38. The predicted molar refractivity (Wildman–Crippen MR) is 87.2 cm³/mol. The van der Waals surface area contributed by atoms with Gasteiger partial charge in [-0.1, -0.05) is 0 Å². The van der Waals surface area contributed by atoms with Gasteiger partial charge in [0.2, 0.25) is 5.88 Å². The molecule has 4 heterocycles. The molecule has 0 unspecified atom stereocenters. The average Bonchev–Trinajstić information content (AvgIpc) is 2.98. The monoisotopic (exact) mass is 322 g/mol. The summed E-state index contributed by atoms with van der Waals surface area (Å²) in [6.45, 7) is 1.88. The summed E-state index contributed by atoms with van der Waals surface area (Å²) in [5.74, 6) is 1.81. The normalized spacial score (nSPS) is 11.1. The number of ether oxygens (including phenoxy) is 2. The number of aromatic nitrogens is 6. The number of hydrogen-bond donors (Lipinski definition) is 0. The predicted octanol–water partition coefficient (Wildman–Crippen LogP) is 2.06. The number of nitrogens with zero attached hydrogens (tertiary/aromatic N) is 6. The van der Waals surface area contributed by atoms with Crippen LogP contribution in [0, 0.1) is 6.92 Å². The number of methoxy groups -OCH3 is 2. The summed E-state index contributed by atoms with van der Waals surface area (Å²) in [5, 5.41) is 8.49. The molecule has 0 bridgehead atoms. The largest absolute Gasteiger partial charge is 0.496 e. The Morgan fingerprint density at radius 1 is 0.958 bits per heavy atom. The third kappa shape index (κ3) is 2.03. The molecule has 24 heavy (non-hydrogen) atoms. The first-order valence-corrected chi connectivity index (χ1v) is 7.27. The summed E-state index contributed by atoms with van der Waals surface area (Å²) in [4.78, 5) is 13.3. The Bertz CT molecular complexity index is 1060. The topological polar surface area (TPSA) is 87.3 Å². The fourth-order valence-corrected chi connectivity index (χ4v) is 2.63. The van der Waals surface area contributed by atoms with Crippen molar-refractivity contribution in [2.45, 2.75) is 6.92 Å². The smallest absolute Gasteiger partial charge is 0.215 e. The number of fused-ring (bicyclic) bond motifs is 3. The summed E-state index contributed by atoms with van der Waals surface area (Å²) >= 11 is 0. The van der Waals surface area contributed by atoms with Crippen molar-refractivity contribution in [1.82, 2.24) is 29.5 Å². The quantitative estimate of drug-likeness (QED) is 0.570. The van der Waals surface area contributed by atoms with E-state index in [1.54, 1.807) is 38.7 Å². The molecular weight excluding hydrogens is 308 g/mol. The van der Waals surface area contributed by atoms with Crippen molar-refractivity contribution < 1.29 is 9.47 Å². The van der Waals surface area contributed by atoms with Crippen LogP contribution in [-0.4, -0.2) is 43.8 Å². The minimum Gasteiger partial charge on any atom is -0.496 e. The van der Waals surface area contributed by atoms with E-state index in [1.807, 2.05) is 17.4 Å². The summed E-state index contributed by atoms with van der Waals surface area (Å²) < 4.78 is 12.5. The highest BCUT2D eigenvalue weighted by Crippen LogP contribution is 2.30. The molecule has 0 atom stereocenters. The highest BCUT2D eigenvalue weighted by molar-refractivity contribution is 5.78. The molecule has 120 valence electrons. The number of imidazole rings is 1. The summed E-state index contributed by atoms with van der Waals surface area (Å²) in [7, 11) is 3.19. The molecule has 4 aromatic heterocycles. The van der Waals surface area contributed by atoms with Crippen LogP contribution in [0.2, 0.25) is 0 Å². The maximum atomic E-state index is 5.44. The van der Waals surface area contributed by atoms with Crippen molar-refractivity contribution in [2.24, 2.45) is 0 Å². The molecule has 0 saturated carbocycles. The van der Waals surface area contributed by atoms with Crippen LogP contribution in [0.1, 0.15) is 5.69 Å². The van der Waals surface area contributed by atoms with Gasteiger partial charge >= 0.3 is 0 Å². The molecular formula is C16H14N6O2. The summed E-state index contributed by atoms with van der Waals surface area (Å²) in [6, 6.07) is 5.35. The van der Waals surface area contributed by atoms with Gasteiger partial charge < -0.3 is 9.47 Å². The van der Waals surface area contributed by atoms with Crippen molar-refractivity contribution in [3.8, 4) is 23.0 Å². The Morgan fingerprint density at radius 2 is 1.83 bits per heavy atom. The Balaban J connectivity index is 2.14. The lowest BCUT2D eigenvalue weighted by atomic mass is 10.2. The minimum absolute atomic E-state index is 0.493. The first-order valence-electron chi connectivity index (χ1n) is 7.27. The maximum absolute atomic E-state index is 5.44. The van der Waals surface area contributed by atoms with Gasteiger partial charge in [0.05, 0.1) is 25.5 Å². The highest BCUT2D eigenvalue weighted by atomic mass is 16.5. The molecule has 0 amide bonds. The summed E-state index contributed by atoms with van der Waals surface area (Å²) in [6.07, 6.45) is 3.38. The molecule has 4 rings (SSSR count). The van der Waals surface area contributed by atoms with E-state index in [0.717, 1.165) is 11.3 Å². The van der Waals surface area contributed by atoms with Crippen molar-refractivity contribution in [2.75, 3.05) is 14.2 Å². The van der Waals surface area contributed by atoms with Crippen LogP contribution >= 0.6 is 0 Å². The van der Waals surface area contributed by atoms with Crippen LogP contribution in [-0.2, 0) is 0 Å². The van der Waals surface area contributed by atoms with Crippen molar-refractivity contribution in [3.05, 3.63) is 36.3 Å². The van der Waals surface area contributed by atoms with Crippen LogP contribution in [0.15, 0.2) is 30.6 Å². The molecule has 0 radical (unpaired) electrons. The van der Waals surface area contributed by atoms with Gasteiger partial charge in [-0.3, -0.25) is 9.38 Å². The third-order valence-corrected chi connectivity index (χ3v) is 3.77. The first-order chi connectivity index (χ1) is 11.7. The van der Waals surface area contributed by atoms with E-state index >= 15 is 0 Å². The highest BCUT2D eigenvalue weighted by Gasteiger charge is 2.19. The van der Waals surface area contributed by atoms with Crippen molar-refractivity contribution >= 4 is 16.8 Å². The second kappa shape index (κ2) is 5.41. The van der Waals surface area contributed by atoms with Gasteiger partial charge in [0.1, 0.15) is 11.3 Å². The molecule has 8 heteroatoms. The fourth-order valence-electron chi connectivity index (χ4n) is 2.63. The zero-order chi connectivity index (χ0) is 16.7. The molecule has 0 saturated heterocycles. The van der Waals surface area contributed by atoms with Gasteiger partial charge in [0.25, 0.3) is 0 Å². The molecule has 0 N–H and O–H groups in total. The van der Waals surface area contributed by atoms with Crippen molar-refractivity contribution in [3.63, 3.8) is 0 Å². The zero-order valence-electron chi connectivity index (χ0n) is 13.4. The Kier molecular flexibility index (Phi) is 3.23. The third-order valence-electron chi connectivity index (χ3n) is 3.77. The maximum Gasteiger partial charge on any atom is 0.215 e. The van der Waals surface area contributed by atoms with E-state index in [1.165, 1.54) is 0 Å². The lowest BCUT2D eigenvalue weighted by Crippen LogP contribution is -2.01. The molecule has 8 nitrogen and oxygen atoms in total. The van der Waals surface area contributed by atoms with Crippen molar-refractivity contribution in [1.29, 1.82) is 0 Å². The van der Waals surface area contributed by atoms with Crippen LogP contribution in [0.3, 0.4) is 0 Å². The zero-order valence-corrected chi connectivity index (χ0v) is 13.4. The lowest BCUT2D eigenvalue weighted by Gasteiger charge is -2.08. The Labute approximate surface area is 137 Å². The van der Waals surface area contributed by atoms with Gasteiger partial charge in [-0.2, -0.15) is 4.98 Å². The number of pyridine rings is 2. The van der Waals surface area contributed by atoms with Crippen LogP contribution in [0.5, 0.6) is 11.6 Å². The Hall–Kier alpha value is -3.29. The van der Waals surface area contributed by atoms with Gasteiger partial charge in [-0.15, -0.1) is 10.2 Å². The van der Waals surface area contributed by atoms with Gasteiger partial charge in [-0.05, 0) is 19.1 Å². The molecule has 0 fully saturated rings. The van der Waals surface area contributed by atoms with Crippen LogP contribution in [0.25, 0.3) is 28.2 Å². The SMILES string of the molecule is COc1ccc2nnc3c(C)nc(-c4cnccc4OC)n3c2n1. The van der Waals surface area contributed by atoms with Crippen LogP contribution < -0.4 is 9.47 Å². The second-order valence-electron chi connectivity index (χ2n) is 5.15. The van der Waals surface area contributed by atoms with E-state index in [9.17, 15) is 0 Å². The van der Waals surface area contributed by atoms with Gasteiger partial charge in [0, 0.05) is 18.5 Å². The molecule has 0 spiro atoms. The number of hydrogen-bond acceptors (Lipinski definition) is 7. The number of rotatable bonds is 3. The van der Waals surface area contributed by atoms with E-state index in [-0.39, 0.29) is 0 Å². The van der Waals surface area contributed by atoms with Gasteiger partial charge in [-0.25, -0.2) is 4.98 Å². The Morgan fingerprint density at radius 3 is 2.62 bits per heavy atom. The second-order valence-corrected chi connectivity index (χ2v) is 5.15. The van der Waals surface area contributed by atoms with Gasteiger partial charge in [0.15, 0.2) is 17.1 Å². The minimum atomic E-state index is 0.493. The molecule has 4 aromatic rings. The molecule has 0 aliphatic carbocycles. The molecule has 0 aliphatic heterocycles. The van der Waals surface area contributed by atoms with E-state index < -0.39 is 0 Å². The fraction of sp³-hybridized carbons (Fsp3) is 0.188.